The average Bonchev–Trinajstić information content (AvgIpc) is 3.09. The normalized spacial score (nSPS) is 22.4. The lowest BCUT2D eigenvalue weighted by Gasteiger charge is -2.46. The number of aromatic amines is 1. The molecule has 5 heteroatoms. The van der Waals surface area contributed by atoms with Gasteiger partial charge in [-0.2, -0.15) is 0 Å². The quantitative estimate of drug-likeness (QED) is 0.877. The van der Waals surface area contributed by atoms with Gasteiger partial charge < -0.3 is 10.3 Å². The lowest BCUT2D eigenvalue weighted by Crippen LogP contribution is -2.61. The number of amides is 1. The number of H-pyrrole nitrogens is 1. The van der Waals surface area contributed by atoms with Gasteiger partial charge in [0.15, 0.2) is 0 Å². The average molecular weight is 304 g/mol. The molecule has 0 spiro atoms. The maximum Gasteiger partial charge on any atom is 0.240 e. The predicted molar refractivity (Wildman–Crippen MR) is 86.5 cm³/mol. The van der Waals surface area contributed by atoms with E-state index in [-0.39, 0.29) is 11.4 Å². The minimum atomic E-state index is -0.234. The Balaban J connectivity index is 1.61. The Hall–Kier alpha value is -1.36. The fraction of sp³-hybridized carbons (Fsp3) is 0.765. The second kappa shape index (κ2) is 7.27. The fourth-order valence-electron chi connectivity index (χ4n) is 4.04. The van der Waals surface area contributed by atoms with Crippen LogP contribution in [0, 0.1) is 0 Å². The fourth-order valence-corrected chi connectivity index (χ4v) is 4.04. The molecule has 1 saturated heterocycles. The summed E-state index contributed by atoms with van der Waals surface area (Å²) in [6, 6.07) is 0. The Morgan fingerprint density at radius 3 is 2.59 bits per heavy atom. The van der Waals surface area contributed by atoms with Gasteiger partial charge in [0.05, 0.1) is 0 Å². The molecule has 0 unspecified atom stereocenters. The lowest BCUT2D eigenvalue weighted by molar-refractivity contribution is -0.137. The molecule has 22 heavy (non-hydrogen) atoms. The van der Waals surface area contributed by atoms with Crippen LogP contribution in [0.5, 0.6) is 0 Å². The van der Waals surface area contributed by atoms with Crippen molar-refractivity contribution in [1.82, 2.24) is 20.2 Å². The maximum atomic E-state index is 13.0. The van der Waals surface area contributed by atoms with Crippen molar-refractivity contribution in [3.05, 3.63) is 18.2 Å². The van der Waals surface area contributed by atoms with Crippen LogP contribution in [0.2, 0.25) is 0 Å². The molecule has 122 valence electrons. The topological polar surface area (TPSA) is 61.0 Å². The van der Waals surface area contributed by atoms with Gasteiger partial charge in [0, 0.05) is 25.4 Å². The van der Waals surface area contributed by atoms with E-state index in [4.69, 9.17) is 0 Å². The zero-order chi connectivity index (χ0) is 15.3. The largest absolute Gasteiger partial charge is 0.354 e. The molecule has 1 aromatic rings. The molecule has 1 aliphatic heterocycles. The number of hydrogen-bond acceptors (Lipinski definition) is 3. The van der Waals surface area contributed by atoms with Gasteiger partial charge in [0.1, 0.15) is 11.4 Å². The van der Waals surface area contributed by atoms with Crippen LogP contribution in [0.3, 0.4) is 0 Å². The summed E-state index contributed by atoms with van der Waals surface area (Å²) in [6.45, 7) is 2.85. The molecule has 2 aliphatic rings. The first-order valence-corrected chi connectivity index (χ1v) is 8.83. The summed E-state index contributed by atoms with van der Waals surface area (Å²) in [5.41, 5.74) is -0.234. The molecule has 1 aliphatic carbocycles. The smallest absolute Gasteiger partial charge is 0.240 e. The molecule has 0 bridgehead atoms. The highest BCUT2D eigenvalue weighted by Crippen LogP contribution is 2.35. The number of rotatable bonds is 5. The van der Waals surface area contributed by atoms with Gasteiger partial charge in [0.2, 0.25) is 5.91 Å². The number of nitrogens with one attached hydrogen (secondary N) is 2. The third-order valence-corrected chi connectivity index (χ3v) is 5.27. The number of carbonyl (C=O) groups is 1. The van der Waals surface area contributed by atoms with Crippen LogP contribution in [0.1, 0.15) is 57.2 Å². The number of aromatic nitrogens is 2. The molecule has 0 atom stereocenters. The van der Waals surface area contributed by atoms with E-state index in [2.05, 4.69) is 20.2 Å². The molecule has 2 fully saturated rings. The van der Waals surface area contributed by atoms with Crippen molar-refractivity contribution in [3.63, 3.8) is 0 Å². The van der Waals surface area contributed by atoms with Gasteiger partial charge in [-0.3, -0.25) is 9.69 Å². The molecule has 5 nitrogen and oxygen atoms in total. The minimum Gasteiger partial charge on any atom is -0.354 e. The van der Waals surface area contributed by atoms with Crippen molar-refractivity contribution in [1.29, 1.82) is 0 Å². The molecule has 1 amide bonds. The summed E-state index contributed by atoms with van der Waals surface area (Å²) in [7, 11) is 0. The second-order valence-corrected chi connectivity index (χ2v) is 6.68. The van der Waals surface area contributed by atoms with E-state index in [1.807, 2.05) is 6.20 Å². The molecule has 3 rings (SSSR count). The molecular formula is C17H28N4O. The van der Waals surface area contributed by atoms with Crippen LogP contribution in [0.4, 0.5) is 0 Å². The van der Waals surface area contributed by atoms with E-state index in [1.165, 1.54) is 38.5 Å². The van der Waals surface area contributed by atoms with Gasteiger partial charge >= 0.3 is 0 Å². The van der Waals surface area contributed by atoms with Crippen molar-refractivity contribution < 1.29 is 4.79 Å². The summed E-state index contributed by atoms with van der Waals surface area (Å²) in [5, 5.41) is 3.19. The number of nitrogens with zero attached hydrogens (tertiary/aromatic N) is 2. The van der Waals surface area contributed by atoms with Gasteiger partial charge in [-0.25, -0.2) is 4.98 Å². The van der Waals surface area contributed by atoms with Crippen molar-refractivity contribution in [2.75, 3.05) is 19.6 Å². The minimum absolute atomic E-state index is 0.234. The van der Waals surface area contributed by atoms with Crippen LogP contribution >= 0.6 is 0 Å². The predicted octanol–water partition coefficient (Wildman–Crippen LogP) is 2.26. The molecule has 0 radical (unpaired) electrons. The summed E-state index contributed by atoms with van der Waals surface area (Å²) in [5.74, 6) is 1.19. The highest BCUT2D eigenvalue weighted by Gasteiger charge is 2.44. The van der Waals surface area contributed by atoms with E-state index in [1.54, 1.807) is 6.20 Å². The lowest BCUT2D eigenvalue weighted by atomic mass is 9.78. The summed E-state index contributed by atoms with van der Waals surface area (Å²) in [6.07, 6.45) is 13.8. The third-order valence-electron chi connectivity index (χ3n) is 5.27. The van der Waals surface area contributed by atoms with Crippen LogP contribution in [-0.2, 0) is 11.2 Å². The highest BCUT2D eigenvalue weighted by molar-refractivity contribution is 5.86. The van der Waals surface area contributed by atoms with Crippen molar-refractivity contribution in [2.45, 2.75) is 63.3 Å². The Labute approximate surface area is 132 Å². The van der Waals surface area contributed by atoms with E-state index in [9.17, 15) is 4.79 Å². The zero-order valence-electron chi connectivity index (χ0n) is 13.4. The first-order valence-electron chi connectivity index (χ1n) is 8.83. The van der Waals surface area contributed by atoms with Gasteiger partial charge in [-0.05, 0) is 38.8 Å². The molecule has 2 N–H and O–H groups in total. The molecule has 1 aromatic heterocycles. The number of piperidine rings is 1. The number of hydrogen-bond donors (Lipinski definition) is 2. The van der Waals surface area contributed by atoms with Crippen LogP contribution in [0.15, 0.2) is 12.4 Å². The molecule has 0 aromatic carbocycles. The Morgan fingerprint density at radius 1 is 1.18 bits per heavy atom. The summed E-state index contributed by atoms with van der Waals surface area (Å²) >= 11 is 0. The summed E-state index contributed by atoms with van der Waals surface area (Å²) in [4.78, 5) is 22.8. The SMILES string of the molecule is O=C(NCCc1ncc[nH]1)C1(N2CCCCC2)CCCCC1. The van der Waals surface area contributed by atoms with E-state index in [0.717, 1.165) is 38.2 Å². The van der Waals surface area contributed by atoms with Crippen molar-refractivity contribution in [3.8, 4) is 0 Å². The van der Waals surface area contributed by atoms with E-state index < -0.39 is 0 Å². The third kappa shape index (κ3) is 3.35. The molecular weight excluding hydrogens is 276 g/mol. The van der Waals surface area contributed by atoms with E-state index in [0.29, 0.717) is 6.54 Å². The van der Waals surface area contributed by atoms with Crippen molar-refractivity contribution in [2.24, 2.45) is 0 Å². The highest BCUT2D eigenvalue weighted by atomic mass is 16.2. The Bertz CT molecular complexity index is 459. The molecule has 1 saturated carbocycles. The van der Waals surface area contributed by atoms with Crippen LogP contribution in [0.25, 0.3) is 0 Å². The number of likely N-dealkylation sites (tertiary alicyclic amines) is 1. The molecule has 2 heterocycles. The van der Waals surface area contributed by atoms with Gasteiger partial charge in [-0.1, -0.05) is 25.7 Å². The second-order valence-electron chi connectivity index (χ2n) is 6.68. The van der Waals surface area contributed by atoms with Gasteiger partial charge in [0.25, 0.3) is 0 Å². The first-order chi connectivity index (χ1) is 10.8. The van der Waals surface area contributed by atoms with Crippen LogP contribution in [-0.4, -0.2) is 45.9 Å². The van der Waals surface area contributed by atoms with E-state index >= 15 is 0 Å². The monoisotopic (exact) mass is 304 g/mol. The van der Waals surface area contributed by atoms with Crippen LogP contribution < -0.4 is 5.32 Å². The standard InChI is InChI=1S/C17H28N4O/c22-16(20-10-7-15-18-11-12-19-15)17(8-3-1-4-9-17)21-13-5-2-6-14-21/h11-12H,1-10,13-14H2,(H,18,19)(H,20,22). The zero-order valence-corrected chi connectivity index (χ0v) is 13.4. The van der Waals surface area contributed by atoms with Gasteiger partial charge in [-0.15, -0.1) is 0 Å². The Kier molecular flexibility index (Phi) is 5.13. The van der Waals surface area contributed by atoms with Crippen molar-refractivity contribution >= 4 is 5.91 Å². The maximum absolute atomic E-state index is 13.0. The number of imidazole rings is 1. The first kappa shape index (κ1) is 15.5. The Morgan fingerprint density at radius 2 is 1.91 bits per heavy atom. The number of carbonyl (C=O) groups excluding carboxylic acids is 1. The summed E-state index contributed by atoms with van der Waals surface area (Å²) < 4.78 is 0.